The second-order valence-electron chi connectivity index (χ2n) is 8.69. The predicted octanol–water partition coefficient (Wildman–Crippen LogP) is 4.69. The van der Waals surface area contributed by atoms with Gasteiger partial charge in [0.25, 0.3) is 5.91 Å². The van der Waals surface area contributed by atoms with E-state index in [1.807, 2.05) is 53.4 Å². The van der Waals surface area contributed by atoms with Gasteiger partial charge in [-0.15, -0.1) is 0 Å². The van der Waals surface area contributed by atoms with Gasteiger partial charge in [0.2, 0.25) is 11.8 Å². The van der Waals surface area contributed by atoms with Gasteiger partial charge < -0.3 is 19.1 Å². The lowest BCUT2D eigenvalue weighted by Crippen LogP contribution is -2.39. The number of piperidine rings is 1. The Morgan fingerprint density at radius 2 is 1.85 bits per heavy atom. The van der Waals surface area contributed by atoms with E-state index < -0.39 is 0 Å². The van der Waals surface area contributed by atoms with E-state index in [-0.39, 0.29) is 17.7 Å². The van der Waals surface area contributed by atoms with E-state index in [1.165, 1.54) is 0 Å². The van der Waals surface area contributed by atoms with E-state index in [1.54, 1.807) is 18.4 Å². The Morgan fingerprint density at radius 3 is 2.62 bits per heavy atom. The van der Waals surface area contributed by atoms with E-state index in [0.717, 1.165) is 29.7 Å². The van der Waals surface area contributed by atoms with Gasteiger partial charge in [0.15, 0.2) is 5.58 Å². The molecule has 1 saturated heterocycles. The molecule has 174 valence electrons. The molecule has 0 atom stereocenters. The van der Waals surface area contributed by atoms with Crippen LogP contribution >= 0.6 is 0 Å². The average Bonchev–Trinajstić information content (AvgIpc) is 3.54. The molecule has 1 fully saturated rings. The summed E-state index contributed by atoms with van der Waals surface area (Å²) in [5.41, 5.74) is 2.83. The number of nitrogens with zero attached hydrogens (tertiary/aromatic N) is 2. The van der Waals surface area contributed by atoms with Crippen LogP contribution < -0.4 is 5.32 Å². The van der Waals surface area contributed by atoms with Crippen LogP contribution in [0.3, 0.4) is 0 Å². The van der Waals surface area contributed by atoms with Crippen LogP contribution in [-0.4, -0.2) is 41.3 Å². The first-order chi connectivity index (χ1) is 16.7. The number of hydrogen-bond donors (Lipinski definition) is 1. The molecule has 0 aliphatic carbocycles. The van der Waals surface area contributed by atoms with Crippen molar-refractivity contribution in [3.8, 4) is 11.5 Å². The molecule has 2 aromatic heterocycles. The molecule has 0 unspecified atom stereocenters. The number of oxazole rings is 1. The number of carbonyl (C=O) groups is 2. The molecule has 5 rings (SSSR count). The summed E-state index contributed by atoms with van der Waals surface area (Å²) in [6, 6.07) is 18.9. The van der Waals surface area contributed by atoms with Crippen molar-refractivity contribution in [2.75, 3.05) is 19.6 Å². The van der Waals surface area contributed by atoms with E-state index in [0.29, 0.717) is 49.5 Å². The van der Waals surface area contributed by atoms with Gasteiger partial charge in [0.1, 0.15) is 11.3 Å². The van der Waals surface area contributed by atoms with Crippen LogP contribution in [-0.2, 0) is 11.2 Å². The quantitative estimate of drug-likeness (QED) is 0.435. The summed E-state index contributed by atoms with van der Waals surface area (Å²) in [6.45, 7) is 1.86. The van der Waals surface area contributed by atoms with Crippen molar-refractivity contribution < 1.29 is 18.4 Å². The smallest absolute Gasteiger partial charge is 0.253 e. The third kappa shape index (κ3) is 5.03. The summed E-state index contributed by atoms with van der Waals surface area (Å²) in [4.78, 5) is 31.7. The monoisotopic (exact) mass is 457 g/mol. The number of furan rings is 1. The lowest BCUT2D eigenvalue weighted by molar-refractivity contribution is -0.122. The van der Waals surface area contributed by atoms with Crippen LogP contribution in [0, 0.1) is 5.92 Å². The Labute approximate surface area is 197 Å². The van der Waals surface area contributed by atoms with Gasteiger partial charge in [-0.3, -0.25) is 9.59 Å². The van der Waals surface area contributed by atoms with Crippen molar-refractivity contribution in [2.45, 2.75) is 25.7 Å². The zero-order valence-corrected chi connectivity index (χ0v) is 18.9. The molecule has 2 aromatic carbocycles. The summed E-state index contributed by atoms with van der Waals surface area (Å²) in [5.74, 6) is 1.75. The van der Waals surface area contributed by atoms with Crippen LogP contribution in [0.25, 0.3) is 22.6 Å². The molecule has 1 N–H and O–H groups in total. The Hall–Kier alpha value is -3.87. The van der Waals surface area contributed by atoms with Crippen LogP contribution in [0.2, 0.25) is 0 Å². The van der Waals surface area contributed by atoms with Crippen LogP contribution in [0.1, 0.15) is 35.4 Å². The topological polar surface area (TPSA) is 88.6 Å². The number of amides is 2. The van der Waals surface area contributed by atoms with Gasteiger partial charge >= 0.3 is 0 Å². The highest BCUT2D eigenvalue weighted by atomic mass is 16.3. The van der Waals surface area contributed by atoms with Gasteiger partial charge in [-0.05, 0) is 61.2 Å². The van der Waals surface area contributed by atoms with Gasteiger partial charge in [-0.2, -0.15) is 0 Å². The fraction of sp³-hybridized carbons (Fsp3) is 0.296. The number of hydrogen-bond acceptors (Lipinski definition) is 5. The minimum absolute atomic E-state index is 0.0130. The third-order valence-electron chi connectivity index (χ3n) is 6.31. The SMILES string of the molecule is O=C(CC1CCN(C(=O)c2ccc3nc(-c4ccccc4)oc3c2)CC1)NCCc1ccco1. The second-order valence-corrected chi connectivity index (χ2v) is 8.69. The third-order valence-corrected chi connectivity index (χ3v) is 6.31. The molecule has 34 heavy (non-hydrogen) atoms. The molecule has 7 heteroatoms. The lowest BCUT2D eigenvalue weighted by Gasteiger charge is -2.31. The second kappa shape index (κ2) is 9.95. The molecule has 0 bridgehead atoms. The summed E-state index contributed by atoms with van der Waals surface area (Å²) >= 11 is 0. The molecule has 0 spiro atoms. The first-order valence-electron chi connectivity index (χ1n) is 11.7. The fourth-order valence-corrected chi connectivity index (χ4v) is 4.40. The van der Waals surface area contributed by atoms with E-state index in [9.17, 15) is 9.59 Å². The molecule has 4 aromatic rings. The number of carbonyl (C=O) groups excluding carboxylic acids is 2. The summed E-state index contributed by atoms with van der Waals surface area (Å²) in [6.07, 6.45) is 4.46. The summed E-state index contributed by atoms with van der Waals surface area (Å²) in [7, 11) is 0. The highest BCUT2D eigenvalue weighted by Gasteiger charge is 2.25. The van der Waals surface area contributed by atoms with Gasteiger partial charge in [0, 0.05) is 43.6 Å². The first kappa shape index (κ1) is 21.9. The Kier molecular flexibility index (Phi) is 6.42. The molecule has 7 nitrogen and oxygen atoms in total. The number of likely N-dealkylation sites (tertiary alicyclic amines) is 1. The zero-order valence-electron chi connectivity index (χ0n) is 18.9. The standard InChI is InChI=1S/C27H27N3O4/c31-25(28-13-10-22-7-4-16-33-22)17-19-11-14-30(15-12-19)27(32)21-8-9-23-24(18-21)34-26(29-23)20-5-2-1-3-6-20/h1-9,16,18-19H,10-15,17H2,(H,28,31). The van der Waals surface area contributed by atoms with Crippen LogP contribution in [0.5, 0.6) is 0 Å². The number of nitrogens with one attached hydrogen (secondary N) is 1. The highest BCUT2D eigenvalue weighted by Crippen LogP contribution is 2.26. The summed E-state index contributed by atoms with van der Waals surface area (Å²) < 4.78 is 11.2. The van der Waals surface area contributed by atoms with E-state index >= 15 is 0 Å². The number of fused-ring (bicyclic) bond motifs is 1. The van der Waals surface area contributed by atoms with Crippen molar-refractivity contribution in [1.29, 1.82) is 0 Å². The maximum atomic E-state index is 13.1. The van der Waals surface area contributed by atoms with Crippen molar-refractivity contribution >= 4 is 22.9 Å². The fourth-order valence-electron chi connectivity index (χ4n) is 4.40. The van der Waals surface area contributed by atoms with Crippen LogP contribution in [0.4, 0.5) is 0 Å². The van der Waals surface area contributed by atoms with Gasteiger partial charge in [-0.25, -0.2) is 4.98 Å². The van der Waals surface area contributed by atoms with Gasteiger partial charge in [-0.1, -0.05) is 18.2 Å². The average molecular weight is 458 g/mol. The molecular weight excluding hydrogens is 430 g/mol. The van der Waals surface area contributed by atoms with Crippen molar-refractivity contribution in [2.24, 2.45) is 5.92 Å². The lowest BCUT2D eigenvalue weighted by atomic mass is 9.93. The normalized spacial score (nSPS) is 14.4. The molecule has 3 heterocycles. The number of aromatic nitrogens is 1. The number of rotatable bonds is 7. The Morgan fingerprint density at radius 1 is 1.03 bits per heavy atom. The maximum Gasteiger partial charge on any atom is 0.253 e. The minimum atomic E-state index is -0.0130. The van der Waals surface area contributed by atoms with Gasteiger partial charge in [0.05, 0.1) is 6.26 Å². The Balaban J connectivity index is 1.13. The van der Waals surface area contributed by atoms with Crippen molar-refractivity contribution in [1.82, 2.24) is 15.2 Å². The first-order valence-corrected chi connectivity index (χ1v) is 11.7. The molecule has 1 aliphatic rings. The van der Waals surface area contributed by atoms with Crippen molar-refractivity contribution in [3.63, 3.8) is 0 Å². The highest BCUT2D eigenvalue weighted by molar-refractivity contribution is 5.97. The Bertz CT molecular complexity index is 1260. The molecular formula is C27H27N3O4. The molecule has 2 amide bonds. The maximum absolute atomic E-state index is 13.1. The number of benzene rings is 2. The largest absolute Gasteiger partial charge is 0.469 e. The predicted molar refractivity (Wildman–Crippen MR) is 128 cm³/mol. The van der Waals surface area contributed by atoms with E-state index in [4.69, 9.17) is 8.83 Å². The van der Waals surface area contributed by atoms with Crippen LogP contribution in [0.15, 0.2) is 75.8 Å². The zero-order chi connectivity index (χ0) is 23.3. The summed E-state index contributed by atoms with van der Waals surface area (Å²) in [5, 5.41) is 2.96. The van der Waals surface area contributed by atoms with Crippen molar-refractivity contribution in [3.05, 3.63) is 78.3 Å². The molecule has 1 aliphatic heterocycles. The molecule has 0 saturated carbocycles. The minimum Gasteiger partial charge on any atom is -0.469 e. The van der Waals surface area contributed by atoms with E-state index in [2.05, 4.69) is 10.3 Å². The molecule has 0 radical (unpaired) electrons.